The average molecular weight is 343 g/mol. The number of carbonyl (C=O) groups excluding carboxylic acids is 1. The molecule has 5 heteroatoms. The van der Waals surface area contributed by atoms with E-state index in [-0.39, 0.29) is 12.4 Å². The van der Waals surface area contributed by atoms with Crippen LogP contribution in [0.1, 0.15) is 9.67 Å². The van der Waals surface area contributed by atoms with Gasteiger partial charge in [-0.25, -0.2) is 0 Å². The van der Waals surface area contributed by atoms with Crippen molar-refractivity contribution in [1.29, 1.82) is 0 Å². The molecule has 0 radical (unpaired) electrons. The van der Waals surface area contributed by atoms with Crippen molar-refractivity contribution in [2.75, 3.05) is 12.9 Å². The fourth-order valence-electron chi connectivity index (χ4n) is 1.44. The molecule has 0 unspecified atom stereocenters. The summed E-state index contributed by atoms with van der Waals surface area (Å²) in [7, 11) is 0. The second-order valence-electron chi connectivity index (χ2n) is 3.46. The van der Waals surface area contributed by atoms with Crippen LogP contribution in [0.5, 0.6) is 5.75 Å². The number of hydrogen-bond acceptors (Lipinski definition) is 4. The third-order valence-corrected chi connectivity index (χ3v) is 4.95. The van der Waals surface area contributed by atoms with Crippen LogP contribution < -0.4 is 4.74 Å². The lowest BCUT2D eigenvalue weighted by molar-refractivity contribution is 0.0923. The van der Waals surface area contributed by atoms with Crippen LogP contribution in [0.3, 0.4) is 0 Å². The molecule has 0 bridgehead atoms. The van der Waals surface area contributed by atoms with Crippen molar-refractivity contribution in [3.63, 3.8) is 0 Å². The second kappa shape index (κ2) is 6.41. The highest BCUT2D eigenvalue weighted by Crippen LogP contribution is 2.28. The van der Waals surface area contributed by atoms with Crippen molar-refractivity contribution < 1.29 is 9.53 Å². The molecule has 1 aromatic carbocycles. The topological polar surface area (TPSA) is 26.3 Å². The van der Waals surface area contributed by atoms with Crippen LogP contribution in [0, 0.1) is 0 Å². The lowest BCUT2D eigenvalue weighted by Crippen LogP contribution is -2.10. The lowest BCUT2D eigenvalue weighted by atomic mass is 10.3. The third-order valence-electron chi connectivity index (χ3n) is 2.30. The van der Waals surface area contributed by atoms with Gasteiger partial charge in [0.25, 0.3) is 0 Å². The van der Waals surface area contributed by atoms with Gasteiger partial charge in [0, 0.05) is 9.37 Å². The van der Waals surface area contributed by atoms with Crippen molar-refractivity contribution >= 4 is 44.8 Å². The molecule has 0 aliphatic heterocycles. The minimum absolute atomic E-state index is 0.00668. The molecule has 0 aliphatic rings. The van der Waals surface area contributed by atoms with Gasteiger partial charge in [0.2, 0.25) is 5.78 Å². The largest absolute Gasteiger partial charge is 0.484 e. The van der Waals surface area contributed by atoms with E-state index in [2.05, 4.69) is 15.9 Å². The van der Waals surface area contributed by atoms with Gasteiger partial charge in [0.1, 0.15) is 5.75 Å². The van der Waals surface area contributed by atoms with Crippen molar-refractivity contribution in [3.05, 3.63) is 45.1 Å². The highest BCUT2D eigenvalue weighted by atomic mass is 79.9. The van der Waals surface area contributed by atoms with Crippen molar-refractivity contribution in [2.45, 2.75) is 4.90 Å². The quantitative estimate of drug-likeness (QED) is 0.591. The zero-order valence-electron chi connectivity index (χ0n) is 9.68. The molecule has 0 amide bonds. The van der Waals surface area contributed by atoms with Gasteiger partial charge in [-0.05, 0) is 45.8 Å². The first kappa shape index (κ1) is 13.6. The molecule has 2 nitrogen and oxygen atoms in total. The van der Waals surface area contributed by atoms with Gasteiger partial charge >= 0.3 is 0 Å². The second-order valence-corrected chi connectivity index (χ2v) is 6.08. The van der Waals surface area contributed by atoms with Crippen LogP contribution in [0.25, 0.3) is 0 Å². The van der Waals surface area contributed by atoms with Gasteiger partial charge in [-0.3, -0.25) is 4.79 Å². The summed E-state index contributed by atoms with van der Waals surface area (Å²) in [6.45, 7) is 0.0662. The monoisotopic (exact) mass is 342 g/mol. The Balaban J connectivity index is 2.04. The summed E-state index contributed by atoms with van der Waals surface area (Å²) in [4.78, 5) is 13.7. The molecule has 0 atom stereocenters. The Labute approximate surface area is 122 Å². The van der Waals surface area contributed by atoms with E-state index >= 15 is 0 Å². The summed E-state index contributed by atoms with van der Waals surface area (Å²) in [5.74, 6) is 0.749. The highest BCUT2D eigenvalue weighted by molar-refractivity contribution is 9.10. The Hall–Kier alpha value is -0.780. The minimum Gasteiger partial charge on any atom is -0.484 e. The average Bonchev–Trinajstić information content (AvgIpc) is 2.82. The van der Waals surface area contributed by atoms with Crippen molar-refractivity contribution in [2.24, 2.45) is 0 Å². The van der Waals surface area contributed by atoms with Crippen LogP contribution >= 0.6 is 39.0 Å². The molecular weight excluding hydrogens is 332 g/mol. The number of para-hydroxylation sites is 1. The number of carbonyl (C=O) groups is 1. The van der Waals surface area contributed by atoms with Gasteiger partial charge < -0.3 is 4.74 Å². The Kier molecular flexibility index (Phi) is 4.86. The Morgan fingerprint density at radius 2 is 2.17 bits per heavy atom. The number of halogens is 1. The van der Waals surface area contributed by atoms with E-state index in [9.17, 15) is 4.79 Å². The SMILES string of the molecule is CSc1ccccc1OCC(=O)c1sccc1Br. The van der Waals surface area contributed by atoms with E-state index < -0.39 is 0 Å². The summed E-state index contributed by atoms with van der Waals surface area (Å²) in [5.41, 5.74) is 0. The number of ether oxygens (including phenoxy) is 1. The van der Waals surface area contributed by atoms with E-state index in [1.807, 2.05) is 42.0 Å². The van der Waals surface area contributed by atoms with Crippen molar-refractivity contribution in [3.8, 4) is 5.75 Å². The van der Waals surface area contributed by atoms with Crippen molar-refractivity contribution in [1.82, 2.24) is 0 Å². The first-order valence-corrected chi connectivity index (χ1v) is 8.14. The smallest absolute Gasteiger partial charge is 0.211 e. The summed E-state index contributed by atoms with van der Waals surface area (Å²) in [6.07, 6.45) is 1.99. The Morgan fingerprint density at radius 3 is 2.83 bits per heavy atom. The molecule has 0 aliphatic carbocycles. The molecule has 1 heterocycles. The molecule has 0 saturated heterocycles. The fraction of sp³-hybridized carbons (Fsp3) is 0.154. The predicted octanol–water partition coefficient (Wildman–Crippen LogP) is 4.49. The summed E-state index contributed by atoms with van der Waals surface area (Å²) < 4.78 is 6.42. The molecule has 0 spiro atoms. The minimum atomic E-state index is -0.00668. The van der Waals surface area contributed by atoms with Gasteiger partial charge in [-0.1, -0.05) is 12.1 Å². The molecule has 2 aromatic rings. The van der Waals surface area contributed by atoms with Gasteiger partial charge in [0.15, 0.2) is 6.61 Å². The van der Waals surface area contributed by atoms with E-state index in [1.54, 1.807) is 11.8 Å². The van der Waals surface area contributed by atoms with E-state index in [0.717, 1.165) is 15.1 Å². The first-order chi connectivity index (χ1) is 8.72. The predicted molar refractivity (Wildman–Crippen MR) is 80.1 cm³/mol. The normalized spacial score (nSPS) is 10.3. The number of benzene rings is 1. The van der Waals surface area contributed by atoms with Gasteiger partial charge in [-0.15, -0.1) is 23.1 Å². The number of thioether (sulfide) groups is 1. The lowest BCUT2D eigenvalue weighted by Gasteiger charge is -2.08. The Bertz CT molecular complexity index is 551. The number of ketones is 1. The van der Waals surface area contributed by atoms with E-state index in [1.165, 1.54) is 11.3 Å². The van der Waals surface area contributed by atoms with Gasteiger partial charge in [-0.2, -0.15) is 0 Å². The van der Waals surface area contributed by atoms with Crippen LogP contribution in [-0.2, 0) is 0 Å². The molecule has 2 rings (SSSR count). The third kappa shape index (κ3) is 3.16. The maximum atomic E-state index is 11.9. The van der Waals surface area contributed by atoms with Crippen LogP contribution in [-0.4, -0.2) is 18.6 Å². The first-order valence-electron chi connectivity index (χ1n) is 5.24. The number of Topliss-reactive ketones (excluding diaryl/α,β-unsaturated/α-hetero) is 1. The fourth-order valence-corrected chi connectivity index (χ4v) is 3.50. The van der Waals surface area contributed by atoms with E-state index in [0.29, 0.717) is 4.88 Å². The number of rotatable bonds is 5. The number of thiophene rings is 1. The molecular formula is C13H11BrO2S2. The number of hydrogen-bond donors (Lipinski definition) is 0. The molecule has 94 valence electrons. The van der Waals surface area contributed by atoms with Crippen LogP contribution in [0.2, 0.25) is 0 Å². The molecule has 0 N–H and O–H groups in total. The zero-order chi connectivity index (χ0) is 13.0. The van der Waals surface area contributed by atoms with Gasteiger partial charge in [0.05, 0.1) is 4.88 Å². The Morgan fingerprint density at radius 1 is 1.39 bits per heavy atom. The zero-order valence-corrected chi connectivity index (χ0v) is 12.9. The van der Waals surface area contributed by atoms with Crippen LogP contribution in [0.15, 0.2) is 45.1 Å². The van der Waals surface area contributed by atoms with E-state index in [4.69, 9.17) is 4.74 Å². The molecule has 0 saturated carbocycles. The van der Waals surface area contributed by atoms with Crippen LogP contribution in [0.4, 0.5) is 0 Å². The molecule has 18 heavy (non-hydrogen) atoms. The summed E-state index contributed by atoms with van der Waals surface area (Å²) in [5, 5.41) is 1.88. The highest BCUT2D eigenvalue weighted by Gasteiger charge is 2.13. The maximum absolute atomic E-state index is 11.9. The maximum Gasteiger partial charge on any atom is 0.211 e. The molecule has 0 fully saturated rings. The molecule has 1 aromatic heterocycles. The standard InChI is InChI=1S/C13H11BrO2S2/c1-17-12-5-3-2-4-11(12)16-8-10(15)13-9(14)6-7-18-13/h2-7H,8H2,1H3. The summed E-state index contributed by atoms with van der Waals surface area (Å²) >= 11 is 6.38. The summed E-state index contributed by atoms with van der Waals surface area (Å²) in [6, 6.07) is 9.58.